The maximum absolute atomic E-state index is 11.9. The van der Waals surface area contributed by atoms with E-state index in [2.05, 4.69) is 14.9 Å². The van der Waals surface area contributed by atoms with Crippen LogP contribution < -0.4 is 11.1 Å². The number of hydrogen-bond donors (Lipinski definition) is 2. The number of fused-ring (bicyclic) bond motifs is 1. The van der Waals surface area contributed by atoms with Gasteiger partial charge in [0.15, 0.2) is 0 Å². The molecule has 0 atom stereocenters. The summed E-state index contributed by atoms with van der Waals surface area (Å²) in [5.41, 5.74) is 8.20. The molecular weight excluding hydrogens is 252 g/mol. The average Bonchev–Trinajstić information content (AvgIpc) is 3.27. The highest BCUT2D eigenvalue weighted by molar-refractivity contribution is 6.05. The summed E-state index contributed by atoms with van der Waals surface area (Å²) in [6.45, 7) is 4.40. The molecule has 5 heteroatoms. The second-order valence-corrected chi connectivity index (χ2v) is 4.59. The molecule has 1 aliphatic carbocycles. The van der Waals surface area contributed by atoms with E-state index in [1.165, 1.54) is 0 Å². The number of nitrogens with zero attached hydrogens (tertiary/aromatic N) is 2. The number of carbonyl (C=O) groups is 1. The number of nitrogens with one attached hydrogen (secondary N) is 1. The summed E-state index contributed by atoms with van der Waals surface area (Å²) in [5, 5.41) is 2.68. The van der Waals surface area contributed by atoms with Crippen LogP contribution >= 0.6 is 0 Å². The first-order valence-electron chi connectivity index (χ1n) is 7.18. The number of amides is 1. The second kappa shape index (κ2) is 6.05. The third kappa shape index (κ3) is 2.41. The zero-order chi connectivity index (χ0) is 14.7. The van der Waals surface area contributed by atoms with E-state index in [0.29, 0.717) is 18.2 Å². The maximum atomic E-state index is 11.9. The van der Waals surface area contributed by atoms with E-state index in [4.69, 9.17) is 5.73 Å². The van der Waals surface area contributed by atoms with Crippen molar-refractivity contribution >= 4 is 16.9 Å². The molecule has 1 aliphatic rings. The van der Waals surface area contributed by atoms with Crippen LogP contribution in [0.25, 0.3) is 11.0 Å². The molecule has 1 amide bonds. The maximum Gasteiger partial charge on any atom is 0.253 e. The lowest BCUT2D eigenvalue weighted by Gasteiger charge is -2.09. The highest BCUT2D eigenvalue weighted by Crippen LogP contribution is 2.39. The van der Waals surface area contributed by atoms with Crippen LogP contribution in [-0.2, 0) is 6.54 Å². The molecule has 0 saturated heterocycles. The van der Waals surface area contributed by atoms with Crippen molar-refractivity contribution in [3.8, 4) is 0 Å². The SMILES string of the molecule is CC.CNC(=O)c1cccc2nc(CN)n(C3CC3)c12. The van der Waals surface area contributed by atoms with Crippen molar-refractivity contribution in [2.45, 2.75) is 39.3 Å². The van der Waals surface area contributed by atoms with Gasteiger partial charge in [-0.05, 0) is 25.0 Å². The van der Waals surface area contributed by atoms with Gasteiger partial charge in [-0.25, -0.2) is 4.98 Å². The summed E-state index contributed by atoms with van der Waals surface area (Å²) in [7, 11) is 1.64. The predicted molar refractivity (Wildman–Crippen MR) is 80.6 cm³/mol. The molecule has 108 valence electrons. The lowest BCUT2D eigenvalue weighted by molar-refractivity contribution is 0.0964. The van der Waals surface area contributed by atoms with Gasteiger partial charge in [-0.2, -0.15) is 0 Å². The van der Waals surface area contributed by atoms with E-state index in [1.54, 1.807) is 7.05 Å². The fourth-order valence-electron chi connectivity index (χ4n) is 2.38. The smallest absolute Gasteiger partial charge is 0.253 e. The predicted octanol–water partition coefficient (Wildman–Crippen LogP) is 2.22. The summed E-state index contributed by atoms with van der Waals surface area (Å²) >= 11 is 0. The largest absolute Gasteiger partial charge is 0.355 e. The number of carbonyl (C=O) groups excluding carboxylic acids is 1. The molecule has 0 radical (unpaired) electrons. The molecule has 0 spiro atoms. The van der Waals surface area contributed by atoms with Gasteiger partial charge in [0, 0.05) is 13.1 Å². The molecule has 1 fully saturated rings. The zero-order valence-electron chi connectivity index (χ0n) is 12.3. The van der Waals surface area contributed by atoms with Crippen LogP contribution in [0.2, 0.25) is 0 Å². The molecule has 1 heterocycles. The topological polar surface area (TPSA) is 72.9 Å². The third-order valence-electron chi connectivity index (χ3n) is 3.35. The van der Waals surface area contributed by atoms with Crippen LogP contribution in [0.15, 0.2) is 18.2 Å². The van der Waals surface area contributed by atoms with Crippen LogP contribution in [0.5, 0.6) is 0 Å². The van der Waals surface area contributed by atoms with Gasteiger partial charge in [0.2, 0.25) is 0 Å². The Kier molecular flexibility index (Phi) is 4.39. The van der Waals surface area contributed by atoms with Gasteiger partial charge in [0.1, 0.15) is 5.82 Å². The lowest BCUT2D eigenvalue weighted by Crippen LogP contribution is -2.19. The van der Waals surface area contributed by atoms with Crippen molar-refractivity contribution in [2.24, 2.45) is 5.73 Å². The van der Waals surface area contributed by atoms with Crippen molar-refractivity contribution < 1.29 is 4.79 Å². The van der Waals surface area contributed by atoms with Crippen molar-refractivity contribution in [1.29, 1.82) is 0 Å². The first-order valence-corrected chi connectivity index (χ1v) is 7.18. The molecule has 20 heavy (non-hydrogen) atoms. The number of para-hydroxylation sites is 1. The van der Waals surface area contributed by atoms with Gasteiger partial charge >= 0.3 is 0 Å². The van der Waals surface area contributed by atoms with Gasteiger partial charge in [-0.3, -0.25) is 4.79 Å². The first-order chi connectivity index (χ1) is 9.76. The van der Waals surface area contributed by atoms with Crippen LogP contribution in [0, 0.1) is 0 Å². The standard InChI is InChI=1S/C13H16N4O.C2H6/c1-15-13(18)9-3-2-4-10-12(9)17(8-5-6-8)11(7-14)16-10;1-2/h2-4,8H,5-7,14H2,1H3,(H,15,18);1-2H3. The van der Waals surface area contributed by atoms with Gasteiger partial charge in [0.25, 0.3) is 5.91 Å². The number of aromatic nitrogens is 2. The quantitative estimate of drug-likeness (QED) is 0.901. The Morgan fingerprint density at radius 2 is 2.15 bits per heavy atom. The average molecular weight is 274 g/mol. The van der Waals surface area contributed by atoms with Gasteiger partial charge in [-0.1, -0.05) is 19.9 Å². The van der Waals surface area contributed by atoms with Crippen molar-refractivity contribution in [3.63, 3.8) is 0 Å². The van der Waals surface area contributed by atoms with E-state index in [1.807, 2.05) is 32.0 Å². The summed E-state index contributed by atoms with van der Waals surface area (Å²) < 4.78 is 2.14. The second-order valence-electron chi connectivity index (χ2n) is 4.59. The minimum Gasteiger partial charge on any atom is -0.355 e. The Morgan fingerprint density at radius 3 is 2.70 bits per heavy atom. The molecule has 2 aromatic rings. The summed E-state index contributed by atoms with van der Waals surface area (Å²) in [6.07, 6.45) is 2.28. The van der Waals surface area contributed by atoms with Crippen molar-refractivity contribution in [1.82, 2.24) is 14.9 Å². The van der Waals surface area contributed by atoms with E-state index >= 15 is 0 Å². The number of nitrogens with two attached hydrogens (primary N) is 1. The van der Waals surface area contributed by atoms with E-state index < -0.39 is 0 Å². The Labute approximate surface area is 119 Å². The van der Waals surface area contributed by atoms with E-state index in [0.717, 1.165) is 29.7 Å². The van der Waals surface area contributed by atoms with E-state index in [9.17, 15) is 4.79 Å². The molecule has 3 N–H and O–H groups in total. The Balaban J connectivity index is 0.000000704. The van der Waals surface area contributed by atoms with Crippen LogP contribution in [0.4, 0.5) is 0 Å². The number of benzene rings is 1. The number of hydrogen-bond acceptors (Lipinski definition) is 3. The molecule has 0 aliphatic heterocycles. The third-order valence-corrected chi connectivity index (χ3v) is 3.35. The molecule has 0 bridgehead atoms. The molecule has 1 aromatic heterocycles. The zero-order valence-corrected chi connectivity index (χ0v) is 12.3. The lowest BCUT2D eigenvalue weighted by atomic mass is 10.1. The molecule has 0 unspecified atom stereocenters. The first kappa shape index (κ1) is 14.5. The van der Waals surface area contributed by atoms with Gasteiger partial charge in [0.05, 0.1) is 23.1 Å². The molecule has 1 aromatic carbocycles. The van der Waals surface area contributed by atoms with Crippen LogP contribution in [0.1, 0.15) is 48.9 Å². The highest BCUT2D eigenvalue weighted by Gasteiger charge is 2.29. The van der Waals surface area contributed by atoms with E-state index in [-0.39, 0.29) is 5.91 Å². The summed E-state index contributed by atoms with van der Waals surface area (Å²) in [5.74, 6) is 0.787. The monoisotopic (exact) mass is 274 g/mol. The minimum absolute atomic E-state index is 0.0778. The number of rotatable bonds is 3. The normalized spacial score (nSPS) is 13.8. The Hall–Kier alpha value is -1.88. The minimum atomic E-state index is -0.0778. The van der Waals surface area contributed by atoms with Crippen LogP contribution in [0.3, 0.4) is 0 Å². The molecule has 5 nitrogen and oxygen atoms in total. The Bertz CT molecular complexity index is 614. The van der Waals surface area contributed by atoms with Crippen molar-refractivity contribution in [3.05, 3.63) is 29.6 Å². The number of imidazole rings is 1. The van der Waals surface area contributed by atoms with Gasteiger partial charge in [-0.15, -0.1) is 0 Å². The molecule has 1 saturated carbocycles. The fourth-order valence-corrected chi connectivity index (χ4v) is 2.38. The fraction of sp³-hybridized carbons (Fsp3) is 0.467. The van der Waals surface area contributed by atoms with Crippen LogP contribution in [-0.4, -0.2) is 22.5 Å². The highest BCUT2D eigenvalue weighted by atomic mass is 16.1. The van der Waals surface area contributed by atoms with Gasteiger partial charge < -0.3 is 15.6 Å². The summed E-state index contributed by atoms with van der Waals surface area (Å²) in [6, 6.07) is 6.08. The van der Waals surface area contributed by atoms with Crippen molar-refractivity contribution in [2.75, 3.05) is 7.05 Å². The summed E-state index contributed by atoms with van der Waals surface area (Å²) in [4.78, 5) is 16.5. The molecular formula is C15H22N4O. The molecule has 3 rings (SSSR count). The Morgan fingerprint density at radius 1 is 1.45 bits per heavy atom.